The fourth-order valence-corrected chi connectivity index (χ4v) is 5.68. The maximum atomic E-state index is 11.5. The standard InChI is InChI=1S/C20H32N4O2S.HI/c1-21-20(23-14-19-9-12-27(25,26)16-19)22-13-17-5-7-18(8-6-17)15-24-10-3-2-4-11-24;/h5-8,19H,2-4,9-16H2,1H3,(H2,21,22,23);1H. The predicted molar refractivity (Wildman–Crippen MR) is 126 cm³/mol. The Bertz CT molecular complexity index is 731. The number of piperidine rings is 1. The number of rotatable bonds is 6. The Kier molecular flexibility index (Phi) is 9.49. The molecule has 158 valence electrons. The van der Waals surface area contributed by atoms with Crippen LogP contribution in [0.1, 0.15) is 36.8 Å². The third-order valence-electron chi connectivity index (χ3n) is 5.45. The summed E-state index contributed by atoms with van der Waals surface area (Å²) in [7, 11) is -1.09. The van der Waals surface area contributed by atoms with Crippen LogP contribution in [0.3, 0.4) is 0 Å². The molecule has 0 radical (unpaired) electrons. The van der Waals surface area contributed by atoms with E-state index < -0.39 is 9.84 Å². The normalized spacial score (nSPS) is 22.5. The molecule has 0 aliphatic carbocycles. The average Bonchev–Trinajstić information content (AvgIpc) is 3.03. The second kappa shape index (κ2) is 11.3. The molecular formula is C20H33IN4O2S. The van der Waals surface area contributed by atoms with Gasteiger partial charge in [-0.2, -0.15) is 0 Å². The zero-order chi connectivity index (χ0) is 19.1. The van der Waals surface area contributed by atoms with E-state index >= 15 is 0 Å². The van der Waals surface area contributed by atoms with E-state index in [0.717, 1.165) is 18.9 Å². The molecule has 8 heteroatoms. The predicted octanol–water partition coefficient (Wildman–Crippen LogP) is 2.39. The van der Waals surface area contributed by atoms with Crippen LogP contribution in [0.25, 0.3) is 0 Å². The summed E-state index contributed by atoms with van der Waals surface area (Å²) >= 11 is 0. The highest BCUT2D eigenvalue weighted by Crippen LogP contribution is 2.17. The highest BCUT2D eigenvalue weighted by Gasteiger charge is 2.27. The molecule has 0 amide bonds. The van der Waals surface area contributed by atoms with Gasteiger partial charge >= 0.3 is 0 Å². The molecule has 2 N–H and O–H groups in total. The molecule has 6 nitrogen and oxygen atoms in total. The first-order chi connectivity index (χ1) is 13.0. The Balaban J connectivity index is 0.00000280. The Hall–Kier alpha value is -0.870. The first-order valence-corrected chi connectivity index (χ1v) is 11.8. The van der Waals surface area contributed by atoms with Gasteiger partial charge in [0.1, 0.15) is 0 Å². The van der Waals surface area contributed by atoms with Crippen LogP contribution >= 0.6 is 24.0 Å². The first-order valence-electron chi connectivity index (χ1n) is 9.99. The molecule has 2 aliphatic heterocycles. The Morgan fingerprint density at radius 2 is 1.79 bits per heavy atom. The van der Waals surface area contributed by atoms with Gasteiger partial charge in [0.05, 0.1) is 11.5 Å². The molecule has 2 saturated heterocycles. The molecule has 0 spiro atoms. The third-order valence-corrected chi connectivity index (χ3v) is 7.28. The smallest absolute Gasteiger partial charge is 0.191 e. The van der Waals surface area contributed by atoms with Crippen molar-refractivity contribution >= 4 is 39.8 Å². The monoisotopic (exact) mass is 520 g/mol. The number of guanidine groups is 1. The Morgan fingerprint density at radius 1 is 1.11 bits per heavy atom. The van der Waals surface area contributed by atoms with Crippen LogP contribution in [-0.2, 0) is 22.9 Å². The molecule has 0 bridgehead atoms. The summed E-state index contributed by atoms with van der Waals surface area (Å²) in [5.74, 6) is 1.50. The van der Waals surface area contributed by atoms with Crippen LogP contribution in [0.5, 0.6) is 0 Å². The van der Waals surface area contributed by atoms with Gasteiger partial charge < -0.3 is 10.6 Å². The molecule has 3 rings (SSSR count). The van der Waals surface area contributed by atoms with Gasteiger partial charge in [-0.05, 0) is 49.4 Å². The molecule has 2 fully saturated rings. The summed E-state index contributed by atoms with van der Waals surface area (Å²) in [6, 6.07) is 8.77. The Morgan fingerprint density at radius 3 is 2.39 bits per heavy atom. The number of nitrogens with one attached hydrogen (secondary N) is 2. The van der Waals surface area contributed by atoms with Crippen molar-refractivity contribution < 1.29 is 8.42 Å². The maximum Gasteiger partial charge on any atom is 0.191 e. The van der Waals surface area contributed by atoms with E-state index in [9.17, 15) is 8.42 Å². The van der Waals surface area contributed by atoms with Gasteiger partial charge in [0.2, 0.25) is 0 Å². The van der Waals surface area contributed by atoms with E-state index in [-0.39, 0.29) is 35.6 Å². The molecule has 0 saturated carbocycles. The minimum Gasteiger partial charge on any atom is -0.356 e. The zero-order valence-corrected chi connectivity index (χ0v) is 19.8. The highest BCUT2D eigenvalue weighted by molar-refractivity contribution is 14.0. The van der Waals surface area contributed by atoms with Crippen molar-refractivity contribution in [3.05, 3.63) is 35.4 Å². The molecule has 1 aromatic rings. The van der Waals surface area contributed by atoms with E-state index in [1.54, 1.807) is 7.05 Å². The van der Waals surface area contributed by atoms with Crippen LogP contribution in [0.2, 0.25) is 0 Å². The summed E-state index contributed by atoms with van der Waals surface area (Å²) in [5.41, 5.74) is 2.58. The topological polar surface area (TPSA) is 73.8 Å². The Labute approximate surface area is 186 Å². The first kappa shape index (κ1) is 23.4. The van der Waals surface area contributed by atoms with Crippen molar-refractivity contribution in [3.8, 4) is 0 Å². The molecule has 1 aromatic carbocycles. The number of hydrogen-bond donors (Lipinski definition) is 2. The van der Waals surface area contributed by atoms with Crippen molar-refractivity contribution in [2.45, 2.75) is 38.8 Å². The molecule has 1 unspecified atom stereocenters. The average molecular weight is 520 g/mol. The van der Waals surface area contributed by atoms with Gasteiger partial charge in [-0.25, -0.2) is 8.42 Å². The van der Waals surface area contributed by atoms with E-state index in [1.165, 1.54) is 43.5 Å². The van der Waals surface area contributed by atoms with Crippen LogP contribution < -0.4 is 10.6 Å². The summed E-state index contributed by atoms with van der Waals surface area (Å²) < 4.78 is 23.1. The molecule has 28 heavy (non-hydrogen) atoms. The number of benzene rings is 1. The molecule has 0 aromatic heterocycles. The second-order valence-corrected chi connectivity index (χ2v) is 9.96. The van der Waals surface area contributed by atoms with E-state index in [2.05, 4.69) is 44.8 Å². The number of halogens is 1. The summed E-state index contributed by atoms with van der Waals surface area (Å²) in [4.78, 5) is 6.77. The lowest BCUT2D eigenvalue weighted by molar-refractivity contribution is 0.221. The van der Waals surface area contributed by atoms with Crippen LogP contribution in [-0.4, -0.2) is 57.5 Å². The summed E-state index contributed by atoms with van der Waals surface area (Å²) in [6.07, 6.45) is 4.75. The number of nitrogens with zero attached hydrogens (tertiary/aromatic N) is 2. The zero-order valence-electron chi connectivity index (χ0n) is 16.7. The van der Waals surface area contributed by atoms with E-state index in [4.69, 9.17) is 0 Å². The van der Waals surface area contributed by atoms with Gasteiger partial charge in [-0.3, -0.25) is 9.89 Å². The van der Waals surface area contributed by atoms with Crippen LogP contribution in [0.4, 0.5) is 0 Å². The number of sulfone groups is 1. The van der Waals surface area contributed by atoms with Crippen molar-refractivity contribution in [3.63, 3.8) is 0 Å². The molecule has 2 heterocycles. The van der Waals surface area contributed by atoms with E-state index in [1.807, 2.05) is 0 Å². The molecule has 1 atom stereocenters. The fourth-order valence-electron chi connectivity index (χ4n) is 3.82. The van der Waals surface area contributed by atoms with Crippen molar-refractivity contribution in [1.82, 2.24) is 15.5 Å². The van der Waals surface area contributed by atoms with Crippen molar-refractivity contribution in [2.75, 3.05) is 38.2 Å². The van der Waals surface area contributed by atoms with Gasteiger partial charge in [-0.15, -0.1) is 24.0 Å². The maximum absolute atomic E-state index is 11.5. The SMILES string of the molecule is CN=C(NCc1ccc(CN2CCCCC2)cc1)NCC1CCS(=O)(=O)C1.I. The minimum absolute atomic E-state index is 0. The lowest BCUT2D eigenvalue weighted by atomic mass is 10.1. The summed E-state index contributed by atoms with van der Waals surface area (Å²) in [5, 5.41) is 6.56. The third kappa shape index (κ3) is 7.51. The quantitative estimate of drug-likeness (QED) is 0.343. The van der Waals surface area contributed by atoms with Gasteiger partial charge in [0, 0.05) is 26.7 Å². The van der Waals surface area contributed by atoms with Crippen molar-refractivity contribution in [2.24, 2.45) is 10.9 Å². The lowest BCUT2D eigenvalue weighted by Gasteiger charge is -2.26. The van der Waals surface area contributed by atoms with Crippen molar-refractivity contribution in [1.29, 1.82) is 0 Å². The largest absolute Gasteiger partial charge is 0.356 e. The molecular weight excluding hydrogens is 487 g/mol. The number of aliphatic imine (C=N–C) groups is 1. The van der Waals surface area contributed by atoms with Gasteiger partial charge in [0.25, 0.3) is 0 Å². The van der Waals surface area contributed by atoms with Gasteiger partial charge in [-0.1, -0.05) is 30.7 Å². The number of hydrogen-bond acceptors (Lipinski definition) is 4. The summed E-state index contributed by atoms with van der Waals surface area (Å²) in [6.45, 7) is 4.82. The lowest BCUT2D eigenvalue weighted by Crippen LogP contribution is -2.39. The fraction of sp³-hybridized carbons (Fsp3) is 0.650. The highest BCUT2D eigenvalue weighted by atomic mass is 127. The van der Waals surface area contributed by atoms with E-state index in [0.29, 0.717) is 18.8 Å². The second-order valence-electron chi connectivity index (χ2n) is 7.73. The molecule has 2 aliphatic rings. The van der Waals surface area contributed by atoms with Gasteiger partial charge in [0.15, 0.2) is 15.8 Å². The van der Waals surface area contributed by atoms with Crippen LogP contribution in [0.15, 0.2) is 29.3 Å². The van der Waals surface area contributed by atoms with Crippen LogP contribution in [0, 0.1) is 5.92 Å². The number of likely N-dealkylation sites (tertiary alicyclic amines) is 1. The minimum atomic E-state index is -2.82.